The Balaban J connectivity index is 2.31. The summed E-state index contributed by atoms with van der Waals surface area (Å²) in [4.78, 5) is 6.55. The standard InChI is InChI=1S/C23H32ClNO/c1-17(2)22(21-10-8-7-9-11-21)25(23(4,5)6)26-18(3)20-14-12-19(16-24)13-15-20/h7-15,17-18,22H,16H2,1-6H3/t18-,22+/m0/s1. The van der Waals surface area contributed by atoms with Crippen LogP contribution in [0.4, 0.5) is 0 Å². The van der Waals surface area contributed by atoms with E-state index in [4.69, 9.17) is 16.4 Å². The molecule has 0 aromatic heterocycles. The SMILES string of the molecule is CC(C)[C@H](c1ccccc1)N(O[C@@H](C)c1ccc(CCl)cc1)C(C)(C)C. The molecule has 0 bridgehead atoms. The van der Waals surface area contributed by atoms with Crippen LogP contribution in [0, 0.1) is 5.92 Å². The fourth-order valence-corrected chi connectivity index (χ4v) is 3.37. The van der Waals surface area contributed by atoms with E-state index in [-0.39, 0.29) is 17.7 Å². The minimum Gasteiger partial charge on any atom is -0.290 e. The average molecular weight is 374 g/mol. The molecule has 0 aliphatic rings. The minimum absolute atomic E-state index is 0.0384. The molecule has 0 aliphatic heterocycles. The van der Waals surface area contributed by atoms with E-state index in [9.17, 15) is 0 Å². The summed E-state index contributed by atoms with van der Waals surface area (Å²) in [6.07, 6.45) is -0.0384. The first kappa shape index (κ1) is 21.0. The molecule has 2 atom stereocenters. The molecular weight excluding hydrogens is 342 g/mol. The Hall–Kier alpha value is -1.35. The molecule has 2 aromatic carbocycles. The van der Waals surface area contributed by atoms with Crippen LogP contribution >= 0.6 is 11.6 Å². The van der Waals surface area contributed by atoms with Crippen LogP contribution in [0.1, 0.15) is 70.4 Å². The highest BCUT2D eigenvalue weighted by Crippen LogP contribution is 2.37. The van der Waals surface area contributed by atoms with Crippen molar-refractivity contribution in [2.75, 3.05) is 0 Å². The van der Waals surface area contributed by atoms with Crippen molar-refractivity contribution in [3.8, 4) is 0 Å². The molecule has 2 rings (SSSR count). The summed E-state index contributed by atoms with van der Waals surface area (Å²) in [5.41, 5.74) is 3.43. The van der Waals surface area contributed by atoms with Crippen LogP contribution < -0.4 is 0 Å². The van der Waals surface area contributed by atoms with Gasteiger partial charge in [0, 0.05) is 11.4 Å². The molecule has 0 amide bonds. The highest BCUT2D eigenvalue weighted by molar-refractivity contribution is 6.17. The van der Waals surface area contributed by atoms with E-state index in [0.29, 0.717) is 11.8 Å². The maximum Gasteiger partial charge on any atom is 0.102 e. The third-order valence-corrected chi connectivity index (χ3v) is 4.87. The van der Waals surface area contributed by atoms with Crippen LogP contribution in [0.2, 0.25) is 0 Å². The molecule has 2 aromatic rings. The van der Waals surface area contributed by atoms with E-state index in [1.165, 1.54) is 5.56 Å². The van der Waals surface area contributed by atoms with E-state index >= 15 is 0 Å². The van der Waals surface area contributed by atoms with Crippen molar-refractivity contribution >= 4 is 11.6 Å². The van der Waals surface area contributed by atoms with Gasteiger partial charge in [0.05, 0.1) is 6.04 Å². The van der Waals surface area contributed by atoms with Gasteiger partial charge in [-0.3, -0.25) is 4.84 Å². The summed E-state index contributed by atoms with van der Waals surface area (Å²) in [6, 6.07) is 19.2. The lowest BCUT2D eigenvalue weighted by Crippen LogP contribution is -2.46. The predicted octanol–water partition coefficient (Wildman–Crippen LogP) is 6.92. The third kappa shape index (κ3) is 5.33. The predicted molar refractivity (Wildman–Crippen MR) is 111 cm³/mol. The largest absolute Gasteiger partial charge is 0.290 e. The quantitative estimate of drug-likeness (QED) is 0.386. The lowest BCUT2D eigenvalue weighted by atomic mass is 9.92. The van der Waals surface area contributed by atoms with Crippen molar-refractivity contribution in [2.45, 2.75) is 65.1 Å². The smallest absolute Gasteiger partial charge is 0.102 e. The Morgan fingerprint density at radius 1 is 0.885 bits per heavy atom. The first-order valence-corrected chi connectivity index (χ1v) is 9.93. The summed E-state index contributed by atoms with van der Waals surface area (Å²) in [6.45, 7) is 13.2. The number of hydrogen-bond acceptors (Lipinski definition) is 2. The van der Waals surface area contributed by atoms with Gasteiger partial charge in [0.15, 0.2) is 0 Å². The number of benzene rings is 2. The van der Waals surface area contributed by atoms with Gasteiger partial charge in [-0.1, -0.05) is 68.4 Å². The van der Waals surface area contributed by atoms with Crippen LogP contribution in [0.15, 0.2) is 54.6 Å². The van der Waals surface area contributed by atoms with Gasteiger partial charge in [-0.25, -0.2) is 0 Å². The van der Waals surface area contributed by atoms with E-state index in [1.54, 1.807) is 0 Å². The van der Waals surface area contributed by atoms with Crippen molar-refractivity contribution in [2.24, 2.45) is 5.92 Å². The molecule has 0 heterocycles. The van der Waals surface area contributed by atoms with Gasteiger partial charge < -0.3 is 0 Å². The lowest BCUT2D eigenvalue weighted by molar-refractivity contribution is -0.272. The van der Waals surface area contributed by atoms with Gasteiger partial charge in [0.25, 0.3) is 0 Å². The van der Waals surface area contributed by atoms with Gasteiger partial charge in [-0.15, -0.1) is 11.6 Å². The zero-order valence-electron chi connectivity index (χ0n) is 16.9. The highest BCUT2D eigenvalue weighted by atomic mass is 35.5. The molecule has 0 fully saturated rings. The fourth-order valence-electron chi connectivity index (χ4n) is 3.19. The maximum absolute atomic E-state index is 6.55. The summed E-state index contributed by atoms with van der Waals surface area (Å²) in [5, 5.41) is 2.17. The molecular formula is C23H32ClNO. The number of hydroxylamine groups is 2. The second kappa shape index (κ2) is 9.03. The minimum atomic E-state index is -0.130. The molecule has 0 unspecified atom stereocenters. The van der Waals surface area contributed by atoms with Crippen LogP contribution in [-0.4, -0.2) is 10.6 Å². The molecule has 3 heteroatoms. The van der Waals surface area contributed by atoms with Crippen molar-refractivity contribution in [3.63, 3.8) is 0 Å². The van der Waals surface area contributed by atoms with E-state index in [1.807, 2.05) is 0 Å². The average Bonchev–Trinajstić information content (AvgIpc) is 2.61. The number of rotatable bonds is 7. The van der Waals surface area contributed by atoms with Gasteiger partial charge in [0.2, 0.25) is 0 Å². The van der Waals surface area contributed by atoms with Gasteiger partial charge >= 0.3 is 0 Å². The van der Waals surface area contributed by atoms with E-state index < -0.39 is 0 Å². The second-order valence-electron chi connectivity index (χ2n) is 8.22. The zero-order valence-corrected chi connectivity index (χ0v) is 17.6. The number of nitrogens with zero attached hydrogens (tertiary/aromatic N) is 1. The second-order valence-corrected chi connectivity index (χ2v) is 8.49. The van der Waals surface area contributed by atoms with Gasteiger partial charge in [-0.05, 0) is 50.3 Å². The lowest BCUT2D eigenvalue weighted by Gasteiger charge is -2.44. The molecule has 0 radical (unpaired) electrons. The molecule has 0 saturated heterocycles. The van der Waals surface area contributed by atoms with Crippen molar-refractivity contribution in [1.29, 1.82) is 0 Å². The van der Waals surface area contributed by atoms with Crippen molar-refractivity contribution in [1.82, 2.24) is 5.06 Å². The molecule has 0 N–H and O–H groups in total. The Kier molecular flexibility index (Phi) is 7.28. The summed E-state index contributed by atoms with van der Waals surface area (Å²) in [7, 11) is 0. The first-order valence-electron chi connectivity index (χ1n) is 9.40. The number of alkyl halides is 1. The normalized spacial score (nSPS) is 14.7. The topological polar surface area (TPSA) is 12.5 Å². The fraction of sp³-hybridized carbons (Fsp3) is 0.478. The van der Waals surface area contributed by atoms with Crippen LogP contribution in [-0.2, 0) is 10.7 Å². The molecule has 0 spiro atoms. The zero-order chi connectivity index (χ0) is 19.3. The molecule has 142 valence electrons. The molecule has 2 nitrogen and oxygen atoms in total. The number of halogens is 1. The molecule has 0 aliphatic carbocycles. The Morgan fingerprint density at radius 3 is 1.92 bits per heavy atom. The van der Waals surface area contributed by atoms with Gasteiger partial charge in [-0.2, -0.15) is 5.06 Å². The Labute approximate surface area is 164 Å². The molecule has 0 saturated carbocycles. The Bertz CT molecular complexity index is 661. The summed E-state index contributed by atoms with van der Waals surface area (Å²) in [5.74, 6) is 0.954. The Morgan fingerprint density at radius 2 is 1.46 bits per heavy atom. The summed E-state index contributed by atoms with van der Waals surface area (Å²) >= 11 is 5.91. The van der Waals surface area contributed by atoms with Crippen LogP contribution in [0.25, 0.3) is 0 Å². The van der Waals surface area contributed by atoms with Crippen LogP contribution in [0.3, 0.4) is 0 Å². The summed E-state index contributed by atoms with van der Waals surface area (Å²) < 4.78 is 0. The van der Waals surface area contributed by atoms with Gasteiger partial charge in [0.1, 0.15) is 6.10 Å². The monoisotopic (exact) mass is 373 g/mol. The van der Waals surface area contributed by atoms with E-state index in [0.717, 1.165) is 11.1 Å². The maximum atomic E-state index is 6.55. The number of hydrogen-bond donors (Lipinski definition) is 0. The highest BCUT2D eigenvalue weighted by Gasteiger charge is 2.34. The van der Waals surface area contributed by atoms with E-state index in [2.05, 4.69) is 101 Å². The first-order chi connectivity index (χ1) is 12.2. The van der Waals surface area contributed by atoms with Crippen molar-refractivity contribution in [3.05, 3.63) is 71.3 Å². The third-order valence-electron chi connectivity index (χ3n) is 4.56. The molecule has 26 heavy (non-hydrogen) atoms. The van der Waals surface area contributed by atoms with Crippen LogP contribution in [0.5, 0.6) is 0 Å². The van der Waals surface area contributed by atoms with Crippen molar-refractivity contribution < 1.29 is 4.84 Å².